The number of allylic oxidation sites excluding steroid dienone is 2. The number of ketones is 1. The molecule has 64 valence electrons. The van der Waals surface area contributed by atoms with Crippen LogP contribution in [0.2, 0.25) is 0 Å². The predicted molar refractivity (Wildman–Crippen MR) is 48.5 cm³/mol. The van der Waals surface area contributed by atoms with Gasteiger partial charge in [-0.25, -0.2) is 0 Å². The van der Waals surface area contributed by atoms with Crippen molar-refractivity contribution in [2.75, 3.05) is 0 Å². The topological polar surface area (TPSA) is 17.1 Å². The number of unbranched alkanes of at least 4 members (excludes halogenated alkanes) is 1. The van der Waals surface area contributed by atoms with E-state index in [-0.39, 0.29) is 11.2 Å². The van der Waals surface area contributed by atoms with Crippen LogP contribution in [-0.2, 0) is 4.79 Å². The normalized spacial score (nSPS) is 12.4. The Bertz CT molecular complexity index is 149. The molecule has 0 rings (SSSR count). The van der Waals surface area contributed by atoms with Gasteiger partial charge >= 0.3 is 0 Å². The minimum absolute atomic E-state index is 0.214. The summed E-state index contributed by atoms with van der Waals surface area (Å²) in [5.41, 5.74) is -0.218. The molecule has 0 spiro atoms. The van der Waals surface area contributed by atoms with E-state index in [1.807, 2.05) is 26.8 Å². The molecule has 0 aromatic carbocycles. The molecule has 0 aromatic rings. The van der Waals surface area contributed by atoms with Gasteiger partial charge in [-0.1, -0.05) is 40.2 Å². The van der Waals surface area contributed by atoms with Gasteiger partial charge in [0.1, 0.15) is 0 Å². The van der Waals surface area contributed by atoms with E-state index in [1.54, 1.807) is 6.08 Å². The van der Waals surface area contributed by atoms with E-state index in [0.717, 1.165) is 12.8 Å². The zero-order chi connectivity index (χ0) is 8.91. The quantitative estimate of drug-likeness (QED) is 0.571. The standard InChI is InChI=1S/C10H18O/c1-5-6-7-8-9(11)10(2,3)4/h7-8H,5-6H2,1-4H3/b8-7-. The molecule has 0 aliphatic rings. The van der Waals surface area contributed by atoms with Gasteiger partial charge in [0.05, 0.1) is 0 Å². The molecule has 0 fully saturated rings. The van der Waals surface area contributed by atoms with Gasteiger partial charge in [-0.3, -0.25) is 4.79 Å². The third kappa shape index (κ3) is 4.77. The van der Waals surface area contributed by atoms with Crippen LogP contribution in [0, 0.1) is 5.41 Å². The Morgan fingerprint density at radius 2 is 1.91 bits per heavy atom. The van der Waals surface area contributed by atoms with Gasteiger partial charge in [0, 0.05) is 5.41 Å². The van der Waals surface area contributed by atoms with Gasteiger partial charge < -0.3 is 0 Å². The average molecular weight is 154 g/mol. The minimum Gasteiger partial charge on any atom is -0.294 e. The average Bonchev–Trinajstić information content (AvgIpc) is 1.86. The molecule has 0 saturated carbocycles. The van der Waals surface area contributed by atoms with E-state index in [1.165, 1.54) is 0 Å². The second kappa shape index (κ2) is 4.32. The van der Waals surface area contributed by atoms with Gasteiger partial charge in [-0.15, -0.1) is 0 Å². The number of rotatable bonds is 3. The summed E-state index contributed by atoms with van der Waals surface area (Å²) in [4.78, 5) is 11.3. The number of hydrogen-bond donors (Lipinski definition) is 0. The highest BCUT2D eigenvalue weighted by Crippen LogP contribution is 2.14. The first-order chi connectivity index (χ1) is 4.98. The van der Waals surface area contributed by atoms with Gasteiger partial charge in [-0.05, 0) is 12.5 Å². The molecular weight excluding hydrogens is 136 g/mol. The summed E-state index contributed by atoms with van der Waals surface area (Å²) in [5.74, 6) is 0.214. The maximum Gasteiger partial charge on any atom is 0.160 e. The van der Waals surface area contributed by atoms with Crippen molar-refractivity contribution in [2.24, 2.45) is 5.41 Å². The maximum absolute atomic E-state index is 11.3. The van der Waals surface area contributed by atoms with Crippen LogP contribution < -0.4 is 0 Å². The van der Waals surface area contributed by atoms with Gasteiger partial charge in [0.25, 0.3) is 0 Å². The van der Waals surface area contributed by atoms with Crippen molar-refractivity contribution >= 4 is 5.78 Å². The molecule has 0 N–H and O–H groups in total. The second-order valence-corrected chi connectivity index (χ2v) is 3.81. The largest absolute Gasteiger partial charge is 0.294 e. The molecule has 0 aliphatic carbocycles. The Balaban J connectivity index is 3.88. The van der Waals surface area contributed by atoms with Crippen LogP contribution in [0.4, 0.5) is 0 Å². The van der Waals surface area contributed by atoms with Crippen molar-refractivity contribution in [3.8, 4) is 0 Å². The molecule has 0 saturated heterocycles. The molecule has 1 nitrogen and oxygen atoms in total. The Hall–Kier alpha value is -0.590. The summed E-state index contributed by atoms with van der Waals surface area (Å²) in [6.45, 7) is 7.91. The summed E-state index contributed by atoms with van der Waals surface area (Å²) in [6, 6.07) is 0. The lowest BCUT2D eigenvalue weighted by Crippen LogP contribution is -2.17. The molecule has 11 heavy (non-hydrogen) atoms. The van der Waals surface area contributed by atoms with Crippen molar-refractivity contribution in [2.45, 2.75) is 40.5 Å². The lowest BCUT2D eigenvalue weighted by atomic mass is 9.90. The monoisotopic (exact) mass is 154 g/mol. The van der Waals surface area contributed by atoms with Crippen LogP contribution in [0.3, 0.4) is 0 Å². The van der Waals surface area contributed by atoms with Gasteiger partial charge in [0.15, 0.2) is 5.78 Å². The first kappa shape index (κ1) is 10.4. The van der Waals surface area contributed by atoms with Crippen molar-refractivity contribution in [1.82, 2.24) is 0 Å². The molecule has 0 unspecified atom stereocenters. The first-order valence-electron chi connectivity index (χ1n) is 4.19. The van der Waals surface area contributed by atoms with Crippen LogP contribution in [0.1, 0.15) is 40.5 Å². The zero-order valence-electron chi connectivity index (χ0n) is 7.98. The van der Waals surface area contributed by atoms with E-state index in [4.69, 9.17) is 0 Å². The minimum atomic E-state index is -0.218. The Kier molecular flexibility index (Phi) is 4.09. The van der Waals surface area contributed by atoms with Crippen LogP contribution >= 0.6 is 0 Å². The molecule has 0 bridgehead atoms. The van der Waals surface area contributed by atoms with E-state index in [2.05, 4.69) is 6.92 Å². The highest BCUT2D eigenvalue weighted by atomic mass is 16.1. The molecule has 0 aromatic heterocycles. The summed E-state index contributed by atoms with van der Waals surface area (Å²) < 4.78 is 0. The third-order valence-electron chi connectivity index (χ3n) is 1.46. The highest BCUT2D eigenvalue weighted by Gasteiger charge is 2.17. The second-order valence-electron chi connectivity index (χ2n) is 3.81. The zero-order valence-corrected chi connectivity index (χ0v) is 7.98. The Morgan fingerprint density at radius 1 is 1.36 bits per heavy atom. The molecule has 0 amide bonds. The summed E-state index contributed by atoms with van der Waals surface area (Å²) in [7, 11) is 0. The molecule has 1 heteroatoms. The lowest BCUT2D eigenvalue weighted by Gasteiger charge is -2.12. The van der Waals surface area contributed by atoms with Crippen LogP contribution in [0.15, 0.2) is 12.2 Å². The van der Waals surface area contributed by atoms with Crippen molar-refractivity contribution < 1.29 is 4.79 Å². The van der Waals surface area contributed by atoms with E-state index >= 15 is 0 Å². The van der Waals surface area contributed by atoms with Crippen LogP contribution in [0.25, 0.3) is 0 Å². The summed E-state index contributed by atoms with van der Waals surface area (Å²) in [5, 5.41) is 0. The fourth-order valence-corrected chi connectivity index (χ4v) is 0.607. The molecule has 0 heterocycles. The third-order valence-corrected chi connectivity index (χ3v) is 1.46. The predicted octanol–water partition coefficient (Wildman–Crippen LogP) is 2.96. The maximum atomic E-state index is 11.3. The SMILES string of the molecule is CCC/C=C\C(=O)C(C)(C)C. The Labute approximate surface area is 69.5 Å². The number of carbonyl (C=O) groups is 1. The fourth-order valence-electron chi connectivity index (χ4n) is 0.607. The van der Waals surface area contributed by atoms with E-state index in [9.17, 15) is 4.79 Å². The van der Waals surface area contributed by atoms with Crippen molar-refractivity contribution in [3.05, 3.63) is 12.2 Å². The summed E-state index contributed by atoms with van der Waals surface area (Å²) in [6.07, 6.45) is 5.76. The van der Waals surface area contributed by atoms with Crippen LogP contribution in [0.5, 0.6) is 0 Å². The van der Waals surface area contributed by atoms with E-state index < -0.39 is 0 Å². The molecule has 0 radical (unpaired) electrons. The van der Waals surface area contributed by atoms with Crippen molar-refractivity contribution in [1.29, 1.82) is 0 Å². The summed E-state index contributed by atoms with van der Waals surface area (Å²) >= 11 is 0. The van der Waals surface area contributed by atoms with E-state index in [0.29, 0.717) is 0 Å². The lowest BCUT2D eigenvalue weighted by molar-refractivity contribution is -0.121. The van der Waals surface area contributed by atoms with Gasteiger partial charge in [0.2, 0.25) is 0 Å². The Morgan fingerprint density at radius 3 is 2.27 bits per heavy atom. The fraction of sp³-hybridized carbons (Fsp3) is 0.700. The first-order valence-corrected chi connectivity index (χ1v) is 4.19. The molecular formula is C10H18O. The number of hydrogen-bond acceptors (Lipinski definition) is 1. The van der Waals surface area contributed by atoms with Crippen LogP contribution in [-0.4, -0.2) is 5.78 Å². The smallest absolute Gasteiger partial charge is 0.160 e. The highest BCUT2D eigenvalue weighted by molar-refractivity contribution is 5.93. The molecule has 0 atom stereocenters. The van der Waals surface area contributed by atoms with Crippen molar-refractivity contribution in [3.63, 3.8) is 0 Å². The molecule has 0 aliphatic heterocycles. The van der Waals surface area contributed by atoms with Gasteiger partial charge in [-0.2, -0.15) is 0 Å². The number of carbonyl (C=O) groups excluding carboxylic acids is 1.